The van der Waals surface area contributed by atoms with Crippen LogP contribution in [0.2, 0.25) is 0 Å². The summed E-state index contributed by atoms with van der Waals surface area (Å²) < 4.78 is 18.8. The number of methoxy groups -OCH3 is 1. The van der Waals surface area contributed by atoms with Crippen LogP contribution in [-0.4, -0.2) is 35.8 Å². The molecule has 0 radical (unpaired) electrons. The monoisotopic (exact) mass is 382 g/mol. The third-order valence-electron chi connectivity index (χ3n) is 4.90. The first-order valence-electron chi connectivity index (χ1n) is 9.03. The predicted molar refractivity (Wildman–Crippen MR) is 105 cm³/mol. The van der Waals surface area contributed by atoms with Crippen LogP contribution >= 0.6 is 0 Å². The van der Waals surface area contributed by atoms with Crippen LogP contribution < -0.4 is 4.74 Å². The summed E-state index contributed by atoms with van der Waals surface area (Å²) in [5, 5.41) is 0. The largest absolute Gasteiger partial charge is 0.494 e. The maximum absolute atomic E-state index is 13.9. The Morgan fingerprint density at radius 1 is 1.21 bits per heavy atom. The average Bonchev–Trinajstić information content (AvgIpc) is 2.68. The molecule has 0 unspecified atom stereocenters. The lowest BCUT2D eigenvalue weighted by molar-refractivity contribution is -0.134. The van der Waals surface area contributed by atoms with Gasteiger partial charge in [-0.2, -0.15) is 0 Å². The molecule has 146 valence electrons. The van der Waals surface area contributed by atoms with E-state index in [1.807, 2.05) is 30.3 Å². The molecule has 0 saturated carbocycles. The Kier molecular flexibility index (Phi) is 5.78. The van der Waals surface area contributed by atoms with Crippen LogP contribution in [0.15, 0.2) is 48.7 Å². The van der Waals surface area contributed by atoms with E-state index in [2.05, 4.69) is 0 Å². The quantitative estimate of drug-likeness (QED) is 0.791. The summed E-state index contributed by atoms with van der Waals surface area (Å²) in [7, 11) is 3.08. The molecule has 1 aliphatic rings. The van der Waals surface area contributed by atoms with Gasteiger partial charge in [-0.3, -0.25) is 9.59 Å². The number of amides is 2. The van der Waals surface area contributed by atoms with E-state index in [-0.39, 0.29) is 36.6 Å². The molecule has 0 bridgehead atoms. The van der Waals surface area contributed by atoms with Crippen molar-refractivity contribution in [2.24, 2.45) is 0 Å². The van der Waals surface area contributed by atoms with E-state index in [1.54, 1.807) is 35.2 Å². The fourth-order valence-corrected chi connectivity index (χ4v) is 3.40. The van der Waals surface area contributed by atoms with E-state index < -0.39 is 5.82 Å². The molecule has 0 saturated heterocycles. The van der Waals surface area contributed by atoms with Crippen LogP contribution in [0.4, 0.5) is 4.39 Å². The molecule has 0 fully saturated rings. The Morgan fingerprint density at radius 3 is 2.64 bits per heavy atom. The Balaban J connectivity index is 1.75. The van der Waals surface area contributed by atoms with Gasteiger partial charge in [0, 0.05) is 26.7 Å². The minimum atomic E-state index is -0.463. The second kappa shape index (κ2) is 8.25. The molecule has 1 aliphatic heterocycles. The summed E-state index contributed by atoms with van der Waals surface area (Å²) in [6, 6.07) is 12.0. The number of ether oxygens (including phenoxy) is 1. The minimum Gasteiger partial charge on any atom is -0.494 e. The standard InChI is InChI=1S/C22H23FN2O3/c1-15(26)25-11-10-17-6-4-5-7-18(17)20(25)13-22(27)24(2)14-16-8-9-21(28-3)19(23)12-16/h4-12,20H,13-14H2,1-3H3/t20-/m1/s1. The van der Waals surface area contributed by atoms with Gasteiger partial charge in [-0.15, -0.1) is 0 Å². The van der Waals surface area contributed by atoms with E-state index >= 15 is 0 Å². The van der Waals surface area contributed by atoms with E-state index in [0.29, 0.717) is 5.56 Å². The fourth-order valence-electron chi connectivity index (χ4n) is 3.40. The van der Waals surface area contributed by atoms with Crippen molar-refractivity contribution in [3.05, 3.63) is 71.2 Å². The van der Waals surface area contributed by atoms with Crippen molar-refractivity contribution < 1.29 is 18.7 Å². The summed E-state index contributed by atoms with van der Waals surface area (Å²) in [4.78, 5) is 28.0. The average molecular weight is 382 g/mol. The first kappa shape index (κ1) is 19.6. The van der Waals surface area contributed by atoms with Gasteiger partial charge in [0.2, 0.25) is 11.8 Å². The van der Waals surface area contributed by atoms with Crippen molar-refractivity contribution in [1.29, 1.82) is 0 Å². The highest BCUT2D eigenvalue weighted by Gasteiger charge is 2.29. The van der Waals surface area contributed by atoms with Gasteiger partial charge >= 0.3 is 0 Å². The van der Waals surface area contributed by atoms with Crippen molar-refractivity contribution in [1.82, 2.24) is 9.80 Å². The van der Waals surface area contributed by atoms with Crippen molar-refractivity contribution in [3.8, 4) is 5.75 Å². The summed E-state index contributed by atoms with van der Waals surface area (Å²) in [6.45, 7) is 1.75. The lowest BCUT2D eigenvalue weighted by Crippen LogP contribution is -2.35. The van der Waals surface area contributed by atoms with Gasteiger partial charge in [0.05, 0.1) is 19.6 Å². The van der Waals surface area contributed by atoms with Gasteiger partial charge < -0.3 is 14.5 Å². The molecule has 0 aliphatic carbocycles. The van der Waals surface area contributed by atoms with E-state index in [1.165, 1.54) is 20.1 Å². The van der Waals surface area contributed by atoms with Crippen LogP contribution in [-0.2, 0) is 16.1 Å². The maximum atomic E-state index is 13.9. The van der Waals surface area contributed by atoms with Crippen molar-refractivity contribution >= 4 is 17.9 Å². The molecular formula is C22H23FN2O3. The molecule has 6 heteroatoms. The number of halogens is 1. The van der Waals surface area contributed by atoms with Crippen LogP contribution in [0.1, 0.15) is 36.1 Å². The zero-order valence-corrected chi connectivity index (χ0v) is 16.2. The molecule has 28 heavy (non-hydrogen) atoms. The number of benzene rings is 2. The lowest BCUT2D eigenvalue weighted by Gasteiger charge is -2.33. The van der Waals surface area contributed by atoms with Gasteiger partial charge in [-0.05, 0) is 34.9 Å². The maximum Gasteiger partial charge on any atom is 0.225 e. The highest BCUT2D eigenvalue weighted by molar-refractivity contribution is 5.81. The molecular weight excluding hydrogens is 359 g/mol. The molecule has 0 aromatic heterocycles. The number of hydrogen-bond acceptors (Lipinski definition) is 3. The molecule has 1 heterocycles. The number of carbonyl (C=O) groups is 2. The predicted octanol–water partition coefficient (Wildman–Crippen LogP) is 3.76. The topological polar surface area (TPSA) is 49.9 Å². The molecule has 3 rings (SSSR count). The third-order valence-corrected chi connectivity index (χ3v) is 4.90. The lowest BCUT2D eigenvalue weighted by atomic mass is 9.93. The number of hydrogen-bond donors (Lipinski definition) is 0. The number of carbonyl (C=O) groups excluding carboxylic acids is 2. The number of nitrogens with zero attached hydrogens (tertiary/aromatic N) is 2. The molecule has 0 N–H and O–H groups in total. The van der Waals surface area contributed by atoms with Gasteiger partial charge in [0.1, 0.15) is 0 Å². The summed E-state index contributed by atoms with van der Waals surface area (Å²) in [5.41, 5.74) is 2.61. The second-order valence-electron chi connectivity index (χ2n) is 6.81. The zero-order valence-electron chi connectivity index (χ0n) is 16.2. The molecule has 1 atom stereocenters. The highest BCUT2D eigenvalue weighted by Crippen LogP contribution is 2.33. The SMILES string of the molecule is COc1ccc(CN(C)C(=O)C[C@@H]2c3ccccc3C=CN2C(C)=O)cc1F. The zero-order chi connectivity index (χ0) is 20.3. The highest BCUT2D eigenvalue weighted by atomic mass is 19.1. The molecule has 5 nitrogen and oxygen atoms in total. The van der Waals surface area contributed by atoms with Gasteiger partial charge in [-0.1, -0.05) is 30.3 Å². The van der Waals surface area contributed by atoms with Crippen molar-refractivity contribution in [2.45, 2.75) is 25.9 Å². The number of fused-ring (bicyclic) bond motifs is 1. The molecule has 2 aromatic rings. The van der Waals surface area contributed by atoms with Gasteiger partial charge in [-0.25, -0.2) is 4.39 Å². The fraction of sp³-hybridized carbons (Fsp3) is 0.273. The Bertz CT molecular complexity index is 926. The Hall–Kier alpha value is -3.15. The van der Waals surface area contributed by atoms with E-state index in [0.717, 1.165) is 11.1 Å². The summed E-state index contributed by atoms with van der Waals surface area (Å²) in [6.07, 6.45) is 3.75. The van der Waals surface area contributed by atoms with E-state index in [9.17, 15) is 14.0 Å². The van der Waals surface area contributed by atoms with E-state index in [4.69, 9.17) is 4.74 Å². The molecule has 0 spiro atoms. The Labute approximate surface area is 164 Å². The van der Waals surface area contributed by atoms with Crippen LogP contribution in [0.25, 0.3) is 6.08 Å². The van der Waals surface area contributed by atoms with Crippen LogP contribution in [0.5, 0.6) is 5.75 Å². The molecule has 2 amide bonds. The summed E-state index contributed by atoms with van der Waals surface area (Å²) in [5.74, 6) is -0.545. The number of rotatable bonds is 5. The third kappa shape index (κ3) is 4.06. The molecule has 2 aromatic carbocycles. The first-order chi connectivity index (χ1) is 13.4. The first-order valence-corrected chi connectivity index (χ1v) is 9.03. The van der Waals surface area contributed by atoms with Gasteiger partial charge in [0.25, 0.3) is 0 Å². The van der Waals surface area contributed by atoms with Crippen LogP contribution in [0, 0.1) is 5.82 Å². The normalized spacial score (nSPS) is 15.1. The Morgan fingerprint density at radius 2 is 1.96 bits per heavy atom. The minimum absolute atomic E-state index is 0.122. The van der Waals surface area contributed by atoms with Gasteiger partial charge in [0.15, 0.2) is 11.6 Å². The smallest absolute Gasteiger partial charge is 0.225 e. The van der Waals surface area contributed by atoms with Crippen molar-refractivity contribution in [2.75, 3.05) is 14.2 Å². The second-order valence-corrected chi connectivity index (χ2v) is 6.81. The van der Waals surface area contributed by atoms with Crippen molar-refractivity contribution in [3.63, 3.8) is 0 Å². The van der Waals surface area contributed by atoms with Crippen LogP contribution in [0.3, 0.4) is 0 Å². The summed E-state index contributed by atoms with van der Waals surface area (Å²) >= 11 is 0.